The normalized spacial score (nSPS) is 12.0. The van der Waals surface area contributed by atoms with E-state index in [4.69, 9.17) is 14.6 Å². The Labute approximate surface area is 112 Å². The lowest BCUT2D eigenvalue weighted by atomic mass is 10.0. The molecule has 106 valence electrons. The van der Waals surface area contributed by atoms with Crippen LogP contribution >= 0.6 is 0 Å². The molecule has 0 saturated heterocycles. The maximum Gasteiger partial charge on any atom is 0.303 e. The number of carbonyl (C=O) groups is 1. The number of aliphatic carboxylic acids is 1. The Hall–Kier alpha value is -1.78. The molecule has 4 nitrogen and oxygen atoms in total. The van der Waals surface area contributed by atoms with Crippen molar-refractivity contribution in [1.29, 1.82) is 0 Å². The van der Waals surface area contributed by atoms with Crippen molar-refractivity contribution in [3.8, 4) is 11.5 Å². The third-order valence-corrected chi connectivity index (χ3v) is 2.90. The van der Waals surface area contributed by atoms with Gasteiger partial charge in [0.15, 0.2) is 0 Å². The quantitative estimate of drug-likeness (QED) is 0.827. The summed E-state index contributed by atoms with van der Waals surface area (Å²) in [5.41, 5.74) is 1.25. The van der Waals surface area contributed by atoms with Gasteiger partial charge in [-0.05, 0) is 31.4 Å². The van der Waals surface area contributed by atoms with Gasteiger partial charge in [-0.25, -0.2) is 4.39 Å². The van der Waals surface area contributed by atoms with Crippen molar-refractivity contribution in [3.63, 3.8) is 0 Å². The number of hydrogen-bond acceptors (Lipinski definition) is 3. The first-order valence-electron chi connectivity index (χ1n) is 6.10. The second kappa shape index (κ2) is 6.97. The predicted octanol–water partition coefficient (Wildman–Crippen LogP) is 3.14. The van der Waals surface area contributed by atoms with Gasteiger partial charge in [-0.1, -0.05) is 0 Å². The molecule has 0 bridgehead atoms. The number of benzene rings is 1. The number of aryl methyl sites for hydroxylation is 1. The van der Waals surface area contributed by atoms with Crippen LogP contribution in [0.5, 0.6) is 11.5 Å². The van der Waals surface area contributed by atoms with Crippen LogP contribution in [0, 0.1) is 0 Å². The Morgan fingerprint density at radius 2 is 1.95 bits per heavy atom. The molecule has 0 aromatic heterocycles. The predicted molar refractivity (Wildman–Crippen MR) is 69.6 cm³/mol. The molecule has 1 unspecified atom stereocenters. The summed E-state index contributed by atoms with van der Waals surface area (Å²) < 4.78 is 23.9. The summed E-state index contributed by atoms with van der Waals surface area (Å²) in [5, 5.41) is 8.63. The molecule has 0 aliphatic heterocycles. The van der Waals surface area contributed by atoms with Crippen LogP contribution in [-0.4, -0.2) is 25.3 Å². The standard InChI is InChI=1S/C14H19FO4/c1-9(15)11-7-10(5-4-6-14(16)17)12(18-2)8-13(11)19-3/h7-9H,4-6H2,1-3H3,(H,16,17). The van der Waals surface area contributed by atoms with Gasteiger partial charge in [0, 0.05) is 18.1 Å². The number of rotatable bonds is 7. The lowest BCUT2D eigenvalue weighted by molar-refractivity contribution is -0.137. The molecule has 1 rings (SSSR count). The first-order valence-corrected chi connectivity index (χ1v) is 6.10. The molecule has 1 aromatic rings. The minimum atomic E-state index is -1.15. The number of halogens is 1. The van der Waals surface area contributed by atoms with Crippen molar-refractivity contribution in [3.05, 3.63) is 23.3 Å². The van der Waals surface area contributed by atoms with E-state index in [1.54, 1.807) is 12.1 Å². The van der Waals surface area contributed by atoms with Crippen LogP contribution in [0.25, 0.3) is 0 Å². The molecule has 1 atom stereocenters. The number of methoxy groups -OCH3 is 2. The smallest absolute Gasteiger partial charge is 0.303 e. The molecule has 0 fully saturated rings. The summed E-state index contributed by atoms with van der Waals surface area (Å²) in [4.78, 5) is 10.5. The maximum absolute atomic E-state index is 13.5. The lowest BCUT2D eigenvalue weighted by Gasteiger charge is -2.15. The summed E-state index contributed by atoms with van der Waals surface area (Å²) in [7, 11) is 3.00. The van der Waals surface area contributed by atoms with Crippen LogP contribution in [0.4, 0.5) is 4.39 Å². The minimum absolute atomic E-state index is 0.0791. The first kappa shape index (κ1) is 15.3. The Morgan fingerprint density at radius 3 is 2.42 bits per heavy atom. The van der Waals surface area contributed by atoms with Gasteiger partial charge in [0.25, 0.3) is 0 Å². The van der Waals surface area contributed by atoms with E-state index >= 15 is 0 Å². The largest absolute Gasteiger partial charge is 0.496 e. The Balaban J connectivity index is 3.00. The molecular formula is C14H19FO4. The van der Waals surface area contributed by atoms with E-state index < -0.39 is 12.1 Å². The zero-order chi connectivity index (χ0) is 14.4. The second-order valence-corrected chi connectivity index (χ2v) is 4.27. The van der Waals surface area contributed by atoms with Crippen LogP contribution in [0.2, 0.25) is 0 Å². The maximum atomic E-state index is 13.5. The van der Waals surface area contributed by atoms with Crippen molar-refractivity contribution in [2.24, 2.45) is 0 Å². The highest BCUT2D eigenvalue weighted by Gasteiger charge is 2.15. The molecule has 0 aliphatic rings. The summed E-state index contributed by atoms with van der Waals surface area (Å²) in [6.07, 6.45) is -0.0633. The van der Waals surface area contributed by atoms with Gasteiger partial charge in [-0.2, -0.15) is 0 Å². The summed E-state index contributed by atoms with van der Waals surface area (Å²) >= 11 is 0. The molecule has 0 aliphatic carbocycles. The van der Waals surface area contributed by atoms with Gasteiger partial charge in [0.1, 0.15) is 17.7 Å². The van der Waals surface area contributed by atoms with Crippen molar-refractivity contribution in [2.45, 2.75) is 32.4 Å². The number of carboxylic acid groups (broad SMARTS) is 1. The van der Waals surface area contributed by atoms with Crippen LogP contribution in [0.15, 0.2) is 12.1 Å². The average molecular weight is 270 g/mol. The van der Waals surface area contributed by atoms with Crippen molar-refractivity contribution in [1.82, 2.24) is 0 Å². The fraction of sp³-hybridized carbons (Fsp3) is 0.500. The highest BCUT2D eigenvalue weighted by Crippen LogP contribution is 2.34. The van der Waals surface area contributed by atoms with Gasteiger partial charge in [-0.15, -0.1) is 0 Å². The van der Waals surface area contributed by atoms with E-state index in [0.29, 0.717) is 29.9 Å². The molecule has 5 heteroatoms. The molecule has 19 heavy (non-hydrogen) atoms. The average Bonchev–Trinajstić information content (AvgIpc) is 2.37. The van der Waals surface area contributed by atoms with E-state index in [9.17, 15) is 9.18 Å². The number of ether oxygens (including phenoxy) is 2. The first-order chi connectivity index (χ1) is 8.99. The Kier molecular flexibility index (Phi) is 5.60. The van der Waals surface area contributed by atoms with Crippen LogP contribution in [0.3, 0.4) is 0 Å². The monoisotopic (exact) mass is 270 g/mol. The van der Waals surface area contributed by atoms with Gasteiger partial charge >= 0.3 is 5.97 Å². The van der Waals surface area contributed by atoms with E-state index in [0.717, 1.165) is 5.56 Å². The zero-order valence-electron chi connectivity index (χ0n) is 11.4. The SMILES string of the molecule is COc1cc(OC)c(C(C)F)cc1CCCC(=O)O. The van der Waals surface area contributed by atoms with Crippen LogP contribution in [-0.2, 0) is 11.2 Å². The van der Waals surface area contributed by atoms with E-state index in [1.807, 2.05) is 0 Å². The third kappa shape index (κ3) is 4.12. The van der Waals surface area contributed by atoms with E-state index in [1.165, 1.54) is 21.1 Å². The topological polar surface area (TPSA) is 55.8 Å². The third-order valence-electron chi connectivity index (χ3n) is 2.90. The molecule has 0 spiro atoms. The molecule has 1 N–H and O–H groups in total. The molecule has 0 saturated carbocycles. The minimum Gasteiger partial charge on any atom is -0.496 e. The molecule has 1 aromatic carbocycles. The summed E-state index contributed by atoms with van der Waals surface area (Å²) in [5.74, 6) is 0.187. The highest BCUT2D eigenvalue weighted by molar-refractivity contribution is 5.66. The van der Waals surface area contributed by atoms with Gasteiger partial charge < -0.3 is 14.6 Å². The Bertz CT molecular complexity index is 443. The van der Waals surface area contributed by atoms with Crippen LogP contribution in [0.1, 0.15) is 37.1 Å². The summed E-state index contributed by atoms with van der Waals surface area (Å²) in [6, 6.07) is 3.33. The van der Waals surface area contributed by atoms with Crippen molar-refractivity contribution >= 4 is 5.97 Å². The molecule has 0 heterocycles. The fourth-order valence-corrected chi connectivity index (χ4v) is 1.93. The number of carboxylic acids is 1. The second-order valence-electron chi connectivity index (χ2n) is 4.27. The van der Waals surface area contributed by atoms with Crippen molar-refractivity contribution in [2.75, 3.05) is 14.2 Å². The molecule has 0 radical (unpaired) electrons. The van der Waals surface area contributed by atoms with Crippen LogP contribution < -0.4 is 9.47 Å². The van der Waals surface area contributed by atoms with E-state index in [-0.39, 0.29) is 6.42 Å². The van der Waals surface area contributed by atoms with E-state index in [2.05, 4.69) is 0 Å². The zero-order valence-corrected chi connectivity index (χ0v) is 11.4. The highest BCUT2D eigenvalue weighted by atomic mass is 19.1. The molecular weight excluding hydrogens is 251 g/mol. The number of alkyl halides is 1. The number of hydrogen-bond donors (Lipinski definition) is 1. The van der Waals surface area contributed by atoms with Gasteiger partial charge in [-0.3, -0.25) is 4.79 Å². The van der Waals surface area contributed by atoms with Crippen molar-refractivity contribution < 1.29 is 23.8 Å². The lowest BCUT2D eigenvalue weighted by Crippen LogP contribution is -2.01. The van der Waals surface area contributed by atoms with Gasteiger partial charge in [0.05, 0.1) is 14.2 Å². The summed E-state index contributed by atoms with van der Waals surface area (Å²) in [6.45, 7) is 1.44. The van der Waals surface area contributed by atoms with Gasteiger partial charge in [0.2, 0.25) is 0 Å². The Morgan fingerprint density at radius 1 is 1.32 bits per heavy atom. The molecule has 0 amide bonds. The fourth-order valence-electron chi connectivity index (χ4n) is 1.93.